The van der Waals surface area contributed by atoms with E-state index in [0.29, 0.717) is 12.3 Å². The van der Waals surface area contributed by atoms with Gasteiger partial charge in [0.1, 0.15) is 5.52 Å². The van der Waals surface area contributed by atoms with Gasteiger partial charge in [0.25, 0.3) is 0 Å². The second-order valence-corrected chi connectivity index (χ2v) is 4.01. The summed E-state index contributed by atoms with van der Waals surface area (Å²) in [4.78, 5) is 19.5. The molecule has 0 amide bonds. The Kier molecular flexibility index (Phi) is 1.96. The molecule has 0 aromatic carbocycles. The van der Waals surface area contributed by atoms with Gasteiger partial charge in [-0.2, -0.15) is 0 Å². The lowest BCUT2D eigenvalue weighted by atomic mass is 9.96. The van der Waals surface area contributed by atoms with E-state index in [2.05, 4.69) is 9.97 Å². The van der Waals surface area contributed by atoms with Crippen molar-refractivity contribution in [3.63, 3.8) is 0 Å². The summed E-state index contributed by atoms with van der Waals surface area (Å²) < 4.78 is 5.08. The highest BCUT2D eigenvalue weighted by Crippen LogP contribution is 2.28. The molecule has 0 saturated heterocycles. The topological polar surface area (TPSA) is 55.0 Å². The minimum atomic E-state index is 0.188. The molecule has 0 aliphatic heterocycles. The summed E-state index contributed by atoms with van der Waals surface area (Å²) in [7, 11) is 1.58. The van der Waals surface area contributed by atoms with Gasteiger partial charge in [-0.25, -0.2) is 4.98 Å². The summed E-state index contributed by atoms with van der Waals surface area (Å²) in [5.41, 5.74) is 3.45. The number of Topliss-reactive ketones (excluding diaryl/α,β-unsaturated/α-hetero) is 1. The normalized spacial score (nSPS) is 15.2. The van der Waals surface area contributed by atoms with Crippen LogP contribution in [0.5, 0.6) is 5.88 Å². The van der Waals surface area contributed by atoms with Crippen molar-refractivity contribution >= 4 is 16.8 Å². The van der Waals surface area contributed by atoms with Crippen molar-refractivity contribution < 1.29 is 9.53 Å². The lowest BCUT2D eigenvalue weighted by Crippen LogP contribution is -2.09. The van der Waals surface area contributed by atoms with E-state index in [9.17, 15) is 4.79 Å². The highest BCUT2D eigenvalue weighted by molar-refractivity contribution is 6.08. The largest absolute Gasteiger partial charge is 0.481 e. The smallest absolute Gasteiger partial charge is 0.213 e. The van der Waals surface area contributed by atoms with Crippen molar-refractivity contribution in [2.45, 2.75) is 19.3 Å². The molecule has 3 rings (SSSR count). The van der Waals surface area contributed by atoms with Crippen LogP contribution in [0.25, 0.3) is 11.0 Å². The number of hydrogen-bond acceptors (Lipinski definition) is 3. The molecule has 16 heavy (non-hydrogen) atoms. The van der Waals surface area contributed by atoms with Crippen LogP contribution < -0.4 is 4.74 Å². The molecule has 4 heteroatoms. The highest BCUT2D eigenvalue weighted by atomic mass is 16.5. The highest BCUT2D eigenvalue weighted by Gasteiger charge is 2.23. The zero-order valence-electron chi connectivity index (χ0n) is 9.04. The monoisotopic (exact) mass is 216 g/mol. The van der Waals surface area contributed by atoms with Crippen LogP contribution in [-0.2, 0) is 6.42 Å². The summed E-state index contributed by atoms with van der Waals surface area (Å²) in [6.07, 6.45) is 2.48. The van der Waals surface area contributed by atoms with Gasteiger partial charge in [0, 0.05) is 18.2 Å². The first-order valence-electron chi connectivity index (χ1n) is 5.38. The average Bonchev–Trinajstić information content (AvgIpc) is 2.67. The Labute approximate surface area is 92.6 Å². The number of ketones is 1. The van der Waals surface area contributed by atoms with Crippen LogP contribution in [0, 0.1) is 0 Å². The molecule has 0 atom stereocenters. The third-order valence-electron chi connectivity index (χ3n) is 3.01. The van der Waals surface area contributed by atoms with Gasteiger partial charge < -0.3 is 9.72 Å². The number of aromatic nitrogens is 2. The molecule has 0 unspecified atom stereocenters. The maximum absolute atomic E-state index is 11.9. The van der Waals surface area contributed by atoms with Gasteiger partial charge in [0.2, 0.25) is 5.88 Å². The number of carbonyl (C=O) groups is 1. The Morgan fingerprint density at radius 3 is 3.06 bits per heavy atom. The number of nitrogens with one attached hydrogen (secondary N) is 1. The number of fused-ring (bicyclic) bond motifs is 3. The Balaban J connectivity index is 2.31. The van der Waals surface area contributed by atoms with Crippen LogP contribution in [0.3, 0.4) is 0 Å². The second kappa shape index (κ2) is 3.33. The number of nitrogens with zero attached hydrogens (tertiary/aromatic N) is 1. The van der Waals surface area contributed by atoms with Gasteiger partial charge in [0.15, 0.2) is 5.78 Å². The maximum atomic E-state index is 11.9. The van der Waals surface area contributed by atoms with E-state index in [1.165, 1.54) is 0 Å². The number of carbonyl (C=O) groups excluding carboxylic acids is 1. The van der Waals surface area contributed by atoms with E-state index in [1.807, 2.05) is 6.07 Å². The maximum Gasteiger partial charge on any atom is 0.213 e. The van der Waals surface area contributed by atoms with Crippen molar-refractivity contribution in [2.75, 3.05) is 7.11 Å². The van der Waals surface area contributed by atoms with Crippen molar-refractivity contribution in [1.29, 1.82) is 0 Å². The van der Waals surface area contributed by atoms with Gasteiger partial charge in [-0.05, 0) is 18.9 Å². The summed E-state index contributed by atoms with van der Waals surface area (Å²) in [6, 6.07) is 3.71. The van der Waals surface area contributed by atoms with Crippen LogP contribution in [0.4, 0.5) is 0 Å². The van der Waals surface area contributed by atoms with E-state index in [4.69, 9.17) is 4.74 Å². The van der Waals surface area contributed by atoms with Crippen molar-refractivity contribution in [2.24, 2.45) is 0 Å². The van der Waals surface area contributed by atoms with Crippen LogP contribution in [0.2, 0.25) is 0 Å². The zero-order chi connectivity index (χ0) is 11.1. The summed E-state index contributed by atoms with van der Waals surface area (Å²) in [5, 5.41) is 0. The quantitative estimate of drug-likeness (QED) is 0.794. The lowest BCUT2D eigenvalue weighted by Gasteiger charge is -2.08. The molecule has 0 fully saturated rings. The second-order valence-electron chi connectivity index (χ2n) is 4.01. The van der Waals surface area contributed by atoms with Crippen LogP contribution in [0.1, 0.15) is 28.9 Å². The number of aromatic amines is 1. The van der Waals surface area contributed by atoms with Gasteiger partial charge in [0.05, 0.1) is 18.2 Å². The summed E-state index contributed by atoms with van der Waals surface area (Å²) in [6.45, 7) is 0. The molecular weight excluding hydrogens is 204 g/mol. The molecule has 82 valence electrons. The fourth-order valence-electron chi connectivity index (χ4n) is 2.25. The Bertz CT molecular complexity index is 572. The van der Waals surface area contributed by atoms with E-state index in [0.717, 1.165) is 35.1 Å². The van der Waals surface area contributed by atoms with Crippen LogP contribution in [0.15, 0.2) is 12.1 Å². The molecule has 2 heterocycles. The summed E-state index contributed by atoms with van der Waals surface area (Å²) in [5.74, 6) is 0.737. The fourth-order valence-corrected chi connectivity index (χ4v) is 2.25. The number of rotatable bonds is 1. The molecular formula is C12H12N2O2. The van der Waals surface area contributed by atoms with Crippen molar-refractivity contribution in [3.05, 3.63) is 23.4 Å². The molecule has 1 N–H and O–H groups in total. The predicted octanol–water partition coefficient (Wildman–Crippen LogP) is 2.09. The van der Waals surface area contributed by atoms with E-state index >= 15 is 0 Å². The van der Waals surface area contributed by atoms with Gasteiger partial charge in [-0.15, -0.1) is 0 Å². The molecule has 2 aromatic heterocycles. The number of pyridine rings is 1. The average molecular weight is 216 g/mol. The van der Waals surface area contributed by atoms with Gasteiger partial charge in [-0.1, -0.05) is 0 Å². The molecule has 0 radical (unpaired) electrons. The minimum absolute atomic E-state index is 0.188. The van der Waals surface area contributed by atoms with Gasteiger partial charge in [-0.3, -0.25) is 4.79 Å². The summed E-state index contributed by atoms with van der Waals surface area (Å²) >= 11 is 0. The van der Waals surface area contributed by atoms with E-state index in [1.54, 1.807) is 13.2 Å². The number of H-pyrrole nitrogens is 1. The lowest BCUT2D eigenvalue weighted by molar-refractivity contribution is 0.0974. The molecule has 0 bridgehead atoms. The molecule has 1 aliphatic carbocycles. The SMILES string of the molecule is COc1ccc2[nH]c3c(c2n1)C(=O)CCC3. The zero-order valence-corrected chi connectivity index (χ0v) is 9.04. The number of methoxy groups -OCH3 is 1. The first-order chi connectivity index (χ1) is 7.79. The standard InChI is InChI=1S/C12H12N2O2/c1-16-10-6-5-8-12(14-10)11-7(13-8)3-2-4-9(11)15/h5-6,13H,2-4H2,1H3. The Morgan fingerprint density at radius 2 is 2.25 bits per heavy atom. The first kappa shape index (κ1) is 9.39. The van der Waals surface area contributed by atoms with Crippen molar-refractivity contribution in [1.82, 2.24) is 9.97 Å². The number of ether oxygens (including phenoxy) is 1. The Morgan fingerprint density at radius 1 is 1.38 bits per heavy atom. The first-order valence-corrected chi connectivity index (χ1v) is 5.38. The van der Waals surface area contributed by atoms with E-state index < -0.39 is 0 Å². The number of hydrogen-bond donors (Lipinski definition) is 1. The molecule has 1 aliphatic rings. The van der Waals surface area contributed by atoms with Gasteiger partial charge >= 0.3 is 0 Å². The molecule has 0 spiro atoms. The number of aryl methyl sites for hydroxylation is 1. The Hall–Kier alpha value is -1.84. The molecule has 0 saturated carbocycles. The van der Waals surface area contributed by atoms with Crippen molar-refractivity contribution in [3.8, 4) is 5.88 Å². The fraction of sp³-hybridized carbons (Fsp3) is 0.333. The predicted molar refractivity (Wildman–Crippen MR) is 59.9 cm³/mol. The van der Waals surface area contributed by atoms with E-state index in [-0.39, 0.29) is 5.78 Å². The molecule has 2 aromatic rings. The third kappa shape index (κ3) is 1.23. The van der Waals surface area contributed by atoms with Crippen LogP contribution in [-0.4, -0.2) is 22.9 Å². The molecule has 4 nitrogen and oxygen atoms in total. The third-order valence-corrected chi connectivity index (χ3v) is 3.01. The minimum Gasteiger partial charge on any atom is -0.481 e. The van der Waals surface area contributed by atoms with Crippen LogP contribution >= 0.6 is 0 Å².